The van der Waals surface area contributed by atoms with Crippen molar-refractivity contribution < 1.29 is 14.7 Å². The molecule has 0 aromatic heterocycles. The van der Waals surface area contributed by atoms with E-state index in [4.69, 9.17) is 5.11 Å². The first-order valence-electron chi connectivity index (χ1n) is 4.14. The molecule has 0 saturated carbocycles. The zero-order valence-electron chi connectivity index (χ0n) is 7.67. The lowest BCUT2D eigenvalue weighted by atomic mass is 10.0. The number of rotatable bonds is 4. The van der Waals surface area contributed by atoms with Gasteiger partial charge in [-0.05, 0) is 17.7 Å². The number of benzene rings is 1. The minimum absolute atomic E-state index is 0.0515. The summed E-state index contributed by atoms with van der Waals surface area (Å²) >= 11 is 6.29. The minimum atomic E-state index is -1.02. The number of halogens is 2. The lowest BCUT2D eigenvalue weighted by Crippen LogP contribution is -2.10. The van der Waals surface area contributed by atoms with Gasteiger partial charge in [0.25, 0.3) is 0 Å². The molecule has 5 heteroatoms. The highest BCUT2D eigenvalue weighted by Gasteiger charge is 2.14. The van der Waals surface area contributed by atoms with Gasteiger partial charge in [0.2, 0.25) is 0 Å². The Labute approximate surface area is 104 Å². The highest BCUT2D eigenvalue weighted by Crippen LogP contribution is 2.21. The van der Waals surface area contributed by atoms with E-state index in [9.17, 15) is 9.59 Å². The van der Waals surface area contributed by atoms with Crippen LogP contribution in [0.15, 0.2) is 22.7 Å². The molecule has 0 aliphatic rings. The van der Waals surface area contributed by atoms with Crippen molar-refractivity contribution in [2.24, 2.45) is 0 Å². The molecule has 1 N–H and O–H groups in total. The highest BCUT2D eigenvalue weighted by molar-refractivity contribution is 9.10. The summed E-state index contributed by atoms with van der Waals surface area (Å²) in [4.78, 5) is 22.1. The quantitative estimate of drug-likeness (QED) is 0.861. The molecule has 0 radical (unpaired) electrons. The average molecular weight is 336 g/mol. The van der Waals surface area contributed by atoms with Crippen LogP contribution in [0.3, 0.4) is 0 Å². The van der Waals surface area contributed by atoms with Crippen LogP contribution < -0.4 is 0 Å². The lowest BCUT2D eigenvalue weighted by Gasteiger charge is -2.06. The van der Waals surface area contributed by atoms with Crippen molar-refractivity contribution in [2.75, 3.05) is 5.33 Å². The number of carbonyl (C=O) groups excluding carboxylic acids is 1. The summed E-state index contributed by atoms with van der Waals surface area (Å²) in [5.74, 6) is -1.07. The van der Waals surface area contributed by atoms with Gasteiger partial charge in [0.1, 0.15) is 5.78 Å². The molecule has 0 aliphatic carbocycles. The van der Waals surface area contributed by atoms with Crippen molar-refractivity contribution >= 4 is 43.6 Å². The fourth-order valence-electron chi connectivity index (χ4n) is 1.18. The third-order valence-electron chi connectivity index (χ3n) is 1.87. The van der Waals surface area contributed by atoms with Crippen molar-refractivity contribution in [3.05, 3.63) is 33.8 Å². The van der Waals surface area contributed by atoms with Crippen LogP contribution in [-0.4, -0.2) is 22.2 Å². The van der Waals surface area contributed by atoms with Gasteiger partial charge in [-0.25, -0.2) is 4.79 Å². The van der Waals surface area contributed by atoms with Crippen LogP contribution in [0.1, 0.15) is 15.9 Å². The van der Waals surface area contributed by atoms with Gasteiger partial charge in [0.05, 0.1) is 10.9 Å². The monoisotopic (exact) mass is 334 g/mol. The smallest absolute Gasteiger partial charge is 0.336 e. The number of ketones is 1. The molecule has 1 aromatic rings. The number of Topliss-reactive ketones (excluding diaryl/α,β-unsaturated/α-hetero) is 1. The van der Waals surface area contributed by atoms with Gasteiger partial charge in [-0.15, -0.1) is 0 Å². The van der Waals surface area contributed by atoms with Gasteiger partial charge in [-0.3, -0.25) is 4.79 Å². The molecular formula is C10H8Br2O3. The predicted octanol–water partition coefficient (Wildman–Crippen LogP) is 2.65. The predicted molar refractivity (Wildman–Crippen MR) is 63.6 cm³/mol. The van der Waals surface area contributed by atoms with Gasteiger partial charge < -0.3 is 5.11 Å². The van der Waals surface area contributed by atoms with Crippen LogP contribution >= 0.6 is 31.9 Å². The Kier molecular flexibility index (Phi) is 4.47. The first-order chi connectivity index (χ1) is 7.06. The summed E-state index contributed by atoms with van der Waals surface area (Å²) in [7, 11) is 0. The van der Waals surface area contributed by atoms with Gasteiger partial charge in [0.15, 0.2) is 0 Å². The minimum Gasteiger partial charge on any atom is -0.478 e. The first kappa shape index (κ1) is 12.4. The van der Waals surface area contributed by atoms with Crippen molar-refractivity contribution in [2.45, 2.75) is 6.42 Å². The molecule has 0 bridgehead atoms. The Morgan fingerprint density at radius 2 is 2.00 bits per heavy atom. The molecule has 0 aliphatic heterocycles. The Morgan fingerprint density at radius 3 is 2.53 bits per heavy atom. The fourth-order valence-corrected chi connectivity index (χ4v) is 1.89. The molecule has 0 saturated heterocycles. The van der Waals surface area contributed by atoms with Crippen LogP contribution in [0.25, 0.3) is 0 Å². The Morgan fingerprint density at radius 1 is 1.33 bits per heavy atom. The standard InChI is InChI=1S/C10H8Br2O3/c11-5-6(13)4-8-7(10(14)15)2-1-3-9(8)12/h1-3H,4-5H2,(H,14,15). The van der Waals surface area contributed by atoms with E-state index in [1.807, 2.05) is 0 Å². The maximum atomic E-state index is 11.2. The lowest BCUT2D eigenvalue weighted by molar-refractivity contribution is -0.115. The number of carboxylic acids is 1. The molecule has 1 aromatic carbocycles. The van der Waals surface area contributed by atoms with Crippen molar-refractivity contribution in [3.63, 3.8) is 0 Å². The maximum absolute atomic E-state index is 11.2. The largest absolute Gasteiger partial charge is 0.478 e. The van der Waals surface area contributed by atoms with Crippen LogP contribution in [0.4, 0.5) is 0 Å². The number of carboxylic acid groups (broad SMARTS) is 1. The summed E-state index contributed by atoms with van der Waals surface area (Å²) in [6, 6.07) is 4.85. The molecule has 0 spiro atoms. The Balaban J connectivity index is 3.13. The van der Waals surface area contributed by atoms with E-state index in [2.05, 4.69) is 31.9 Å². The molecule has 80 valence electrons. The zero-order valence-corrected chi connectivity index (χ0v) is 10.8. The van der Waals surface area contributed by atoms with Crippen molar-refractivity contribution in [1.29, 1.82) is 0 Å². The number of hydrogen-bond acceptors (Lipinski definition) is 2. The number of carbonyl (C=O) groups is 2. The fraction of sp³-hybridized carbons (Fsp3) is 0.200. The van der Waals surface area contributed by atoms with E-state index < -0.39 is 5.97 Å². The van der Waals surface area contributed by atoms with Gasteiger partial charge in [-0.1, -0.05) is 37.9 Å². The van der Waals surface area contributed by atoms with Crippen molar-refractivity contribution in [3.8, 4) is 0 Å². The summed E-state index contributed by atoms with van der Waals surface area (Å²) < 4.78 is 0.650. The molecule has 0 amide bonds. The van der Waals surface area contributed by atoms with Crippen LogP contribution in [0.2, 0.25) is 0 Å². The molecular weight excluding hydrogens is 328 g/mol. The topological polar surface area (TPSA) is 54.4 Å². The van der Waals surface area contributed by atoms with Crippen molar-refractivity contribution in [1.82, 2.24) is 0 Å². The maximum Gasteiger partial charge on any atom is 0.336 e. The molecule has 0 atom stereocenters. The SMILES string of the molecule is O=C(CBr)Cc1c(Br)cccc1C(=O)O. The highest BCUT2D eigenvalue weighted by atomic mass is 79.9. The summed E-state index contributed by atoms with van der Waals surface area (Å²) in [6.07, 6.45) is 0.119. The van der Waals surface area contributed by atoms with Crippen LogP contribution in [0.5, 0.6) is 0 Å². The number of aromatic carboxylic acids is 1. The van der Waals surface area contributed by atoms with Crippen LogP contribution in [-0.2, 0) is 11.2 Å². The second-order valence-corrected chi connectivity index (χ2v) is 4.34. The van der Waals surface area contributed by atoms with Gasteiger partial charge in [-0.2, -0.15) is 0 Å². The summed E-state index contributed by atoms with van der Waals surface area (Å²) in [5, 5.41) is 9.16. The van der Waals surface area contributed by atoms with Crippen LogP contribution in [0, 0.1) is 0 Å². The first-order valence-corrected chi connectivity index (χ1v) is 6.06. The third kappa shape index (κ3) is 3.14. The second-order valence-electron chi connectivity index (χ2n) is 2.92. The van der Waals surface area contributed by atoms with Gasteiger partial charge in [0, 0.05) is 10.9 Å². The van der Waals surface area contributed by atoms with E-state index in [0.29, 0.717) is 10.0 Å². The van der Waals surface area contributed by atoms with E-state index in [1.54, 1.807) is 12.1 Å². The molecule has 0 fully saturated rings. The molecule has 0 unspecified atom stereocenters. The Hall–Kier alpha value is -0.680. The zero-order chi connectivity index (χ0) is 11.4. The molecule has 0 heterocycles. The average Bonchev–Trinajstić information content (AvgIpc) is 2.20. The number of hydrogen-bond donors (Lipinski definition) is 1. The molecule has 3 nitrogen and oxygen atoms in total. The van der Waals surface area contributed by atoms with E-state index in [0.717, 1.165) is 0 Å². The second kappa shape index (κ2) is 5.42. The third-order valence-corrected chi connectivity index (χ3v) is 3.24. The van der Waals surface area contributed by atoms with E-state index in [-0.39, 0.29) is 23.1 Å². The molecule has 1 rings (SSSR count). The number of alkyl halides is 1. The van der Waals surface area contributed by atoms with E-state index >= 15 is 0 Å². The summed E-state index contributed by atoms with van der Waals surface area (Å²) in [6.45, 7) is 0. The summed E-state index contributed by atoms with van der Waals surface area (Å²) in [5.41, 5.74) is 0.688. The van der Waals surface area contributed by atoms with E-state index in [1.165, 1.54) is 6.07 Å². The van der Waals surface area contributed by atoms with Gasteiger partial charge >= 0.3 is 5.97 Å². The Bertz CT molecular complexity index is 402. The normalized spacial score (nSPS) is 10.0. The molecule has 15 heavy (non-hydrogen) atoms.